The van der Waals surface area contributed by atoms with E-state index in [1.807, 2.05) is 19.1 Å². The van der Waals surface area contributed by atoms with Gasteiger partial charge in [0.15, 0.2) is 0 Å². The number of imide groups is 1. The molecule has 1 fully saturated rings. The number of anilines is 1. The van der Waals surface area contributed by atoms with Crippen LogP contribution in [0, 0.1) is 0 Å². The first-order chi connectivity index (χ1) is 9.10. The number of carbonyl (C=O) groups is 2. The molecule has 6 heteroatoms. The first-order valence-corrected chi connectivity index (χ1v) is 6.54. The van der Waals surface area contributed by atoms with E-state index in [1.54, 1.807) is 11.0 Å². The Kier molecular flexibility index (Phi) is 4.39. The van der Waals surface area contributed by atoms with Crippen LogP contribution in [0.15, 0.2) is 18.2 Å². The maximum Gasteiger partial charge on any atom is 0.246 e. The average Bonchev–Trinajstić information content (AvgIpc) is 2.36. The summed E-state index contributed by atoms with van der Waals surface area (Å²) in [6.45, 7) is 3.89. The largest absolute Gasteiger partial charge is 0.353 e. The number of carbonyl (C=O) groups excluding carboxylic acids is 2. The highest BCUT2D eigenvalue weighted by atomic mass is 35.5. The summed E-state index contributed by atoms with van der Waals surface area (Å²) >= 11 is 6.01. The Balaban J connectivity index is 2.28. The molecule has 0 unspecified atom stereocenters. The summed E-state index contributed by atoms with van der Waals surface area (Å²) in [5, 5.41) is 6.11. The highest BCUT2D eigenvalue weighted by molar-refractivity contribution is 6.30. The zero-order valence-corrected chi connectivity index (χ0v) is 11.5. The van der Waals surface area contributed by atoms with Gasteiger partial charge in [0, 0.05) is 17.3 Å². The normalized spacial score (nSPS) is 15.6. The molecule has 0 radical (unpaired) electrons. The first-order valence-electron chi connectivity index (χ1n) is 6.17. The van der Waals surface area contributed by atoms with Crippen LogP contribution < -0.4 is 15.5 Å². The van der Waals surface area contributed by atoms with E-state index in [2.05, 4.69) is 10.6 Å². The fourth-order valence-corrected chi connectivity index (χ4v) is 2.21. The molecule has 1 aliphatic heterocycles. The van der Waals surface area contributed by atoms with Crippen LogP contribution in [-0.2, 0) is 16.1 Å². The maximum atomic E-state index is 11.4. The molecule has 0 bridgehead atoms. The van der Waals surface area contributed by atoms with Crippen LogP contribution in [-0.4, -0.2) is 31.4 Å². The average molecular weight is 282 g/mol. The van der Waals surface area contributed by atoms with E-state index in [4.69, 9.17) is 11.6 Å². The van der Waals surface area contributed by atoms with Crippen molar-refractivity contribution in [3.05, 3.63) is 28.8 Å². The van der Waals surface area contributed by atoms with Crippen LogP contribution in [0.2, 0.25) is 5.02 Å². The molecule has 2 N–H and O–H groups in total. The third-order valence-corrected chi connectivity index (χ3v) is 3.14. The molecular weight excluding hydrogens is 266 g/mol. The third kappa shape index (κ3) is 3.45. The van der Waals surface area contributed by atoms with Gasteiger partial charge in [0.1, 0.15) is 0 Å². The van der Waals surface area contributed by atoms with E-state index < -0.39 is 0 Å². The lowest BCUT2D eigenvalue weighted by Crippen LogP contribution is -2.51. The number of hydrogen-bond acceptors (Lipinski definition) is 4. The Morgan fingerprint density at radius 2 is 2.00 bits per heavy atom. The molecule has 0 aromatic heterocycles. The molecule has 2 amide bonds. The van der Waals surface area contributed by atoms with Gasteiger partial charge in [-0.3, -0.25) is 14.9 Å². The van der Waals surface area contributed by atoms with E-state index in [0.717, 1.165) is 17.8 Å². The summed E-state index contributed by atoms with van der Waals surface area (Å²) < 4.78 is 0. The Morgan fingerprint density at radius 1 is 1.32 bits per heavy atom. The number of hydrogen-bond donors (Lipinski definition) is 2. The number of halogens is 1. The van der Waals surface area contributed by atoms with E-state index in [0.29, 0.717) is 11.6 Å². The monoisotopic (exact) mass is 281 g/mol. The van der Waals surface area contributed by atoms with Gasteiger partial charge in [-0.1, -0.05) is 24.6 Å². The smallest absolute Gasteiger partial charge is 0.246 e. The van der Waals surface area contributed by atoms with Crippen LogP contribution >= 0.6 is 11.6 Å². The second-order valence-corrected chi connectivity index (χ2v) is 4.82. The van der Waals surface area contributed by atoms with Crippen molar-refractivity contribution in [2.45, 2.75) is 13.5 Å². The molecule has 2 rings (SSSR count). The van der Waals surface area contributed by atoms with Gasteiger partial charge in [-0.15, -0.1) is 0 Å². The van der Waals surface area contributed by atoms with Gasteiger partial charge in [-0.2, -0.15) is 0 Å². The van der Waals surface area contributed by atoms with Crippen molar-refractivity contribution in [1.82, 2.24) is 10.6 Å². The van der Waals surface area contributed by atoms with Gasteiger partial charge in [-0.25, -0.2) is 0 Å². The molecule has 1 aromatic rings. The maximum absolute atomic E-state index is 11.4. The van der Waals surface area contributed by atoms with Crippen LogP contribution in [0.1, 0.15) is 12.5 Å². The standard InChI is InChI=1S/C13H16ClN3O2/c1-2-15-6-9-3-4-10(14)5-11(9)17-7-12(18)16-13(19)8-17/h3-5,15H,2,6-8H2,1H3,(H,16,18,19). The topological polar surface area (TPSA) is 61.4 Å². The van der Waals surface area contributed by atoms with Gasteiger partial charge >= 0.3 is 0 Å². The fraction of sp³-hybridized carbons (Fsp3) is 0.385. The van der Waals surface area contributed by atoms with E-state index in [-0.39, 0.29) is 24.9 Å². The minimum absolute atomic E-state index is 0.172. The van der Waals surface area contributed by atoms with Gasteiger partial charge < -0.3 is 10.2 Å². The summed E-state index contributed by atoms with van der Waals surface area (Å²) in [5.74, 6) is -0.573. The molecule has 5 nitrogen and oxygen atoms in total. The van der Waals surface area contributed by atoms with Crippen LogP contribution in [0.25, 0.3) is 0 Å². The molecule has 102 valence electrons. The predicted molar refractivity (Wildman–Crippen MR) is 74.2 cm³/mol. The number of nitrogens with one attached hydrogen (secondary N) is 2. The van der Waals surface area contributed by atoms with Gasteiger partial charge in [0.25, 0.3) is 0 Å². The molecule has 0 atom stereocenters. The lowest BCUT2D eigenvalue weighted by atomic mass is 10.1. The van der Waals surface area contributed by atoms with Crippen molar-refractivity contribution in [1.29, 1.82) is 0 Å². The highest BCUT2D eigenvalue weighted by Crippen LogP contribution is 2.25. The Hall–Kier alpha value is -1.59. The van der Waals surface area contributed by atoms with Crippen molar-refractivity contribution in [3.63, 3.8) is 0 Å². The number of rotatable bonds is 4. The molecule has 0 spiro atoms. The van der Waals surface area contributed by atoms with Crippen LogP contribution in [0.5, 0.6) is 0 Å². The summed E-state index contributed by atoms with van der Waals surface area (Å²) in [5.41, 5.74) is 1.85. The van der Waals surface area contributed by atoms with Crippen molar-refractivity contribution in [2.75, 3.05) is 24.5 Å². The highest BCUT2D eigenvalue weighted by Gasteiger charge is 2.24. The minimum Gasteiger partial charge on any atom is -0.353 e. The van der Waals surface area contributed by atoms with E-state index in [1.165, 1.54) is 0 Å². The van der Waals surface area contributed by atoms with Gasteiger partial charge in [0.05, 0.1) is 13.1 Å². The zero-order valence-electron chi connectivity index (χ0n) is 10.7. The summed E-state index contributed by atoms with van der Waals surface area (Å²) in [7, 11) is 0. The fourth-order valence-electron chi connectivity index (χ4n) is 2.05. The first kappa shape index (κ1) is 13.8. The second kappa shape index (κ2) is 6.04. The molecule has 19 heavy (non-hydrogen) atoms. The van der Waals surface area contributed by atoms with Crippen molar-refractivity contribution in [2.24, 2.45) is 0 Å². The molecule has 1 heterocycles. The van der Waals surface area contributed by atoms with E-state index >= 15 is 0 Å². The van der Waals surface area contributed by atoms with Gasteiger partial charge in [0.2, 0.25) is 11.8 Å². The van der Waals surface area contributed by atoms with Crippen LogP contribution in [0.4, 0.5) is 5.69 Å². The molecule has 0 saturated carbocycles. The summed E-state index contributed by atoms with van der Waals surface area (Å²) in [6.07, 6.45) is 0. The molecule has 0 aliphatic carbocycles. The summed E-state index contributed by atoms with van der Waals surface area (Å²) in [4.78, 5) is 24.6. The van der Waals surface area contributed by atoms with Crippen LogP contribution in [0.3, 0.4) is 0 Å². The van der Waals surface area contributed by atoms with E-state index in [9.17, 15) is 9.59 Å². The second-order valence-electron chi connectivity index (χ2n) is 4.38. The lowest BCUT2D eigenvalue weighted by molar-refractivity contribution is -0.130. The quantitative estimate of drug-likeness (QED) is 0.806. The lowest BCUT2D eigenvalue weighted by Gasteiger charge is -2.29. The van der Waals surface area contributed by atoms with Crippen molar-refractivity contribution < 1.29 is 9.59 Å². The minimum atomic E-state index is -0.286. The third-order valence-electron chi connectivity index (χ3n) is 2.90. The predicted octanol–water partition coefficient (Wildman–Crippen LogP) is 0.912. The molecule has 1 aromatic carbocycles. The molecule has 1 aliphatic rings. The van der Waals surface area contributed by atoms with Crippen molar-refractivity contribution in [3.8, 4) is 0 Å². The summed E-state index contributed by atoms with van der Waals surface area (Å²) in [6, 6.07) is 5.51. The number of amides is 2. The van der Waals surface area contributed by atoms with Crippen molar-refractivity contribution >= 4 is 29.1 Å². The molecular formula is C13H16ClN3O2. The Labute approximate surface area is 116 Å². The SMILES string of the molecule is CCNCc1ccc(Cl)cc1N1CC(=O)NC(=O)C1. The number of piperazine rings is 1. The Bertz CT molecular complexity index is 489. The number of nitrogens with zero attached hydrogens (tertiary/aromatic N) is 1. The Morgan fingerprint density at radius 3 is 2.63 bits per heavy atom. The number of benzene rings is 1. The zero-order chi connectivity index (χ0) is 13.8. The van der Waals surface area contributed by atoms with Gasteiger partial charge in [-0.05, 0) is 24.2 Å². The molecule has 1 saturated heterocycles.